The van der Waals surface area contributed by atoms with E-state index in [0.717, 1.165) is 48.7 Å². The molecule has 0 saturated heterocycles. The monoisotopic (exact) mass is 285 g/mol. The van der Waals surface area contributed by atoms with Crippen LogP contribution >= 0.6 is 15.9 Å². The minimum absolute atomic E-state index is 0.720. The highest BCUT2D eigenvalue weighted by Gasteiger charge is 2.14. The minimum atomic E-state index is 0.720. The van der Waals surface area contributed by atoms with Crippen LogP contribution in [0.5, 0.6) is 11.5 Å². The number of hydrogen-bond acceptors (Lipinski definition) is 3. The Morgan fingerprint density at radius 3 is 2.94 bits per heavy atom. The van der Waals surface area contributed by atoms with E-state index < -0.39 is 0 Å². The van der Waals surface area contributed by atoms with Crippen molar-refractivity contribution in [3.63, 3.8) is 0 Å². The molecule has 3 nitrogen and oxygen atoms in total. The second-order valence-corrected chi connectivity index (χ2v) is 4.59. The van der Waals surface area contributed by atoms with Crippen LogP contribution in [-0.4, -0.2) is 19.8 Å². The normalized spacial score (nSPS) is 14.6. The molecule has 0 bridgehead atoms. The van der Waals surface area contributed by atoms with Gasteiger partial charge in [-0.05, 0) is 40.2 Å². The summed E-state index contributed by atoms with van der Waals surface area (Å²) in [4.78, 5) is 0. The number of ether oxygens (including phenoxy) is 2. The molecule has 1 aliphatic heterocycles. The highest BCUT2D eigenvalue weighted by molar-refractivity contribution is 9.10. The van der Waals surface area contributed by atoms with Gasteiger partial charge in [-0.2, -0.15) is 0 Å². The molecule has 1 aromatic carbocycles. The lowest BCUT2D eigenvalue weighted by Crippen LogP contribution is -2.11. The fourth-order valence-electron chi connectivity index (χ4n) is 1.66. The first kappa shape index (κ1) is 11.7. The van der Waals surface area contributed by atoms with Crippen LogP contribution in [0.3, 0.4) is 0 Å². The van der Waals surface area contributed by atoms with Crippen LogP contribution in [-0.2, 0) is 6.54 Å². The van der Waals surface area contributed by atoms with Gasteiger partial charge in [0.1, 0.15) is 0 Å². The fourth-order valence-corrected chi connectivity index (χ4v) is 2.26. The maximum atomic E-state index is 5.67. The van der Waals surface area contributed by atoms with Crippen LogP contribution in [0, 0.1) is 0 Å². The van der Waals surface area contributed by atoms with Gasteiger partial charge in [-0.15, -0.1) is 0 Å². The number of halogens is 1. The van der Waals surface area contributed by atoms with Crippen molar-refractivity contribution in [2.24, 2.45) is 0 Å². The molecule has 4 heteroatoms. The molecular formula is C12H16BrNO2. The maximum absolute atomic E-state index is 5.67. The summed E-state index contributed by atoms with van der Waals surface area (Å²) in [5, 5.41) is 3.30. The minimum Gasteiger partial charge on any atom is -0.490 e. The lowest BCUT2D eigenvalue weighted by atomic mass is 10.2. The average Bonchev–Trinajstić information content (AvgIpc) is 2.51. The summed E-state index contributed by atoms with van der Waals surface area (Å²) >= 11 is 3.53. The van der Waals surface area contributed by atoms with E-state index in [1.807, 2.05) is 6.07 Å². The standard InChI is InChI=1S/C12H16BrNO2/c1-2-14-8-9-6-10(13)12-11(7-9)15-4-3-5-16-12/h6-7,14H,2-5,8H2,1H3. The molecule has 0 unspecified atom stereocenters. The van der Waals surface area contributed by atoms with E-state index in [1.54, 1.807) is 0 Å². The van der Waals surface area contributed by atoms with Crippen molar-refractivity contribution < 1.29 is 9.47 Å². The molecule has 1 aliphatic rings. The van der Waals surface area contributed by atoms with Gasteiger partial charge < -0.3 is 14.8 Å². The Morgan fingerprint density at radius 2 is 2.12 bits per heavy atom. The SMILES string of the molecule is CCNCc1cc(Br)c2c(c1)OCCCO2. The summed E-state index contributed by atoms with van der Waals surface area (Å²) in [6.45, 7) is 5.36. The summed E-state index contributed by atoms with van der Waals surface area (Å²) in [5.74, 6) is 1.68. The van der Waals surface area contributed by atoms with Gasteiger partial charge in [0.05, 0.1) is 17.7 Å². The smallest absolute Gasteiger partial charge is 0.175 e. The van der Waals surface area contributed by atoms with Gasteiger partial charge in [0.2, 0.25) is 0 Å². The second-order valence-electron chi connectivity index (χ2n) is 3.74. The van der Waals surface area contributed by atoms with Gasteiger partial charge in [-0.3, -0.25) is 0 Å². The van der Waals surface area contributed by atoms with Crippen molar-refractivity contribution in [2.45, 2.75) is 19.9 Å². The summed E-state index contributed by atoms with van der Waals surface area (Å²) in [6.07, 6.45) is 0.934. The van der Waals surface area contributed by atoms with E-state index in [-0.39, 0.29) is 0 Å². The average molecular weight is 286 g/mol. The van der Waals surface area contributed by atoms with Crippen molar-refractivity contribution in [3.05, 3.63) is 22.2 Å². The molecular weight excluding hydrogens is 270 g/mol. The lowest BCUT2D eigenvalue weighted by Gasteiger charge is -2.11. The van der Waals surface area contributed by atoms with E-state index in [1.165, 1.54) is 5.56 Å². The molecule has 2 rings (SSSR count). The van der Waals surface area contributed by atoms with E-state index in [0.29, 0.717) is 0 Å². The Morgan fingerprint density at radius 1 is 1.31 bits per heavy atom. The van der Waals surface area contributed by atoms with Crippen molar-refractivity contribution in [3.8, 4) is 11.5 Å². The Hall–Kier alpha value is -0.740. The van der Waals surface area contributed by atoms with Crippen molar-refractivity contribution in [2.75, 3.05) is 19.8 Å². The molecule has 0 amide bonds. The zero-order chi connectivity index (χ0) is 11.4. The first-order valence-corrected chi connectivity index (χ1v) is 6.39. The highest BCUT2D eigenvalue weighted by Crippen LogP contribution is 2.38. The van der Waals surface area contributed by atoms with E-state index in [4.69, 9.17) is 9.47 Å². The van der Waals surface area contributed by atoms with Crippen molar-refractivity contribution in [1.82, 2.24) is 5.32 Å². The zero-order valence-electron chi connectivity index (χ0n) is 9.38. The van der Waals surface area contributed by atoms with Gasteiger partial charge in [-0.1, -0.05) is 6.92 Å². The van der Waals surface area contributed by atoms with Gasteiger partial charge in [-0.25, -0.2) is 0 Å². The number of rotatable bonds is 3. The largest absolute Gasteiger partial charge is 0.490 e. The molecule has 0 radical (unpaired) electrons. The van der Waals surface area contributed by atoms with E-state index >= 15 is 0 Å². The second kappa shape index (κ2) is 5.55. The van der Waals surface area contributed by atoms with Gasteiger partial charge in [0.25, 0.3) is 0 Å². The number of benzene rings is 1. The third kappa shape index (κ3) is 2.68. The van der Waals surface area contributed by atoms with Gasteiger partial charge >= 0.3 is 0 Å². The Bertz CT molecular complexity index is 368. The predicted octanol–water partition coefficient (Wildman–Crippen LogP) is 2.72. The predicted molar refractivity (Wildman–Crippen MR) is 67.1 cm³/mol. The quantitative estimate of drug-likeness (QED) is 0.926. The maximum Gasteiger partial charge on any atom is 0.175 e. The summed E-state index contributed by atoms with van der Waals surface area (Å²) in [6, 6.07) is 4.13. The van der Waals surface area contributed by atoms with Crippen LogP contribution in [0.15, 0.2) is 16.6 Å². The number of nitrogens with one attached hydrogen (secondary N) is 1. The Kier molecular flexibility index (Phi) is 4.07. The topological polar surface area (TPSA) is 30.5 Å². The Balaban J connectivity index is 2.24. The molecule has 0 fully saturated rings. The highest BCUT2D eigenvalue weighted by atomic mass is 79.9. The molecule has 0 atom stereocenters. The number of hydrogen-bond donors (Lipinski definition) is 1. The van der Waals surface area contributed by atoms with Crippen LogP contribution in [0.1, 0.15) is 18.9 Å². The number of fused-ring (bicyclic) bond motifs is 1. The summed E-state index contributed by atoms with van der Waals surface area (Å²) in [5.41, 5.74) is 1.21. The molecule has 1 aromatic rings. The van der Waals surface area contributed by atoms with E-state index in [9.17, 15) is 0 Å². The fraction of sp³-hybridized carbons (Fsp3) is 0.500. The third-order valence-corrected chi connectivity index (χ3v) is 3.03. The van der Waals surface area contributed by atoms with Crippen LogP contribution in [0.25, 0.3) is 0 Å². The summed E-state index contributed by atoms with van der Waals surface area (Å²) in [7, 11) is 0. The first-order valence-electron chi connectivity index (χ1n) is 5.60. The molecule has 0 spiro atoms. The molecule has 88 valence electrons. The van der Waals surface area contributed by atoms with Crippen LogP contribution < -0.4 is 14.8 Å². The summed E-state index contributed by atoms with van der Waals surface area (Å²) < 4.78 is 12.3. The van der Waals surface area contributed by atoms with Crippen molar-refractivity contribution >= 4 is 15.9 Å². The third-order valence-electron chi connectivity index (χ3n) is 2.44. The van der Waals surface area contributed by atoms with E-state index in [2.05, 4.69) is 34.2 Å². The van der Waals surface area contributed by atoms with Gasteiger partial charge in [0, 0.05) is 13.0 Å². The Labute approximate surface area is 104 Å². The van der Waals surface area contributed by atoms with Crippen LogP contribution in [0.4, 0.5) is 0 Å². The van der Waals surface area contributed by atoms with Gasteiger partial charge in [0.15, 0.2) is 11.5 Å². The first-order chi connectivity index (χ1) is 7.81. The zero-order valence-corrected chi connectivity index (χ0v) is 11.0. The molecule has 0 aromatic heterocycles. The van der Waals surface area contributed by atoms with Crippen molar-refractivity contribution in [1.29, 1.82) is 0 Å². The molecule has 16 heavy (non-hydrogen) atoms. The molecule has 1 heterocycles. The lowest BCUT2D eigenvalue weighted by molar-refractivity contribution is 0.296. The molecule has 1 N–H and O–H groups in total. The molecule has 0 saturated carbocycles. The van der Waals surface area contributed by atoms with Crippen LogP contribution in [0.2, 0.25) is 0 Å². The molecule has 0 aliphatic carbocycles.